The summed E-state index contributed by atoms with van der Waals surface area (Å²) in [6, 6.07) is 8.32. The van der Waals surface area contributed by atoms with Crippen molar-refractivity contribution in [2.24, 2.45) is 0 Å². The van der Waals surface area contributed by atoms with Gasteiger partial charge in [-0.25, -0.2) is 9.37 Å². The molecule has 1 N–H and O–H groups in total. The Labute approximate surface area is 139 Å². The fourth-order valence-electron chi connectivity index (χ4n) is 1.57. The number of amides is 1. The number of thioether (sulfide) groups is 1. The predicted octanol–water partition coefficient (Wildman–Crippen LogP) is 3.89. The number of benzene rings is 1. The Hall–Kier alpha value is -2.29. The molecular formula is C15H12F4N2O2S. The molecule has 0 aliphatic rings. The molecule has 0 aliphatic carbocycles. The molecule has 0 aliphatic heterocycles. The summed E-state index contributed by atoms with van der Waals surface area (Å²) in [4.78, 5) is 16.2. The van der Waals surface area contributed by atoms with Crippen molar-refractivity contribution in [1.29, 1.82) is 0 Å². The summed E-state index contributed by atoms with van der Waals surface area (Å²) in [5.41, 5.74) is 0.332. The molecule has 0 radical (unpaired) electrons. The Kier molecular flexibility index (Phi) is 6.02. The molecule has 24 heavy (non-hydrogen) atoms. The van der Waals surface area contributed by atoms with E-state index in [4.69, 9.17) is 0 Å². The average molecular weight is 360 g/mol. The van der Waals surface area contributed by atoms with E-state index in [1.165, 1.54) is 42.2 Å². The number of ether oxygens (including phenoxy) is 1. The third kappa shape index (κ3) is 6.45. The van der Waals surface area contributed by atoms with Crippen LogP contribution in [0.25, 0.3) is 0 Å². The van der Waals surface area contributed by atoms with E-state index < -0.39 is 12.8 Å². The van der Waals surface area contributed by atoms with Gasteiger partial charge in [0.25, 0.3) is 0 Å². The van der Waals surface area contributed by atoms with Crippen LogP contribution in [0.3, 0.4) is 0 Å². The van der Waals surface area contributed by atoms with Crippen molar-refractivity contribution in [3.05, 3.63) is 48.4 Å². The number of nitrogens with zero attached hydrogens (tertiary/aromatic N) is 1. The number of hydrogen-bond donors (Lipinski definition) is 1. The second kappa shape index (κ2) is 8.00. The maximum atomic E-state index is 12.8. The van der Waals surface area contributed by atoms with Crippen molar-refractivity contribution < 1.29 is 27.1 Å². The second-order valence-electron chi connectivity index (χ2n) is 4.58. The van der Waals surface area contributed by atoms with E-state index in [9.17, 15) is 22.4 Å². The van der Waals surface area contributed by atoms with Gasteiger partial charge in [0.15, 0.2) is 6.61 Å². The van der Waals surface area contributed by atoms with Gasteiger partial charge in [-0.15, -0.1) is 11.8 Å². The number of halogens is 4. The van der Waals surface area contributed by atoms with Crippen molar-refractivity contribution in [3.8, 4) is 5.88 Å². The monoisotopic (exact) mass is 360 g/mol. The smallest absolute Gasteiger partial charge is 0.422 e. The highest BCUT2D eigenvalue weighted by Gasteiger charge is 2.28. The fraction of sp³-hybridized carbons (Fsp3) is 0.200. The maximum Gasteiger partial charge on any atom is 0.422 e. The van der Waals surface area contributed by atoms with Crippen molar-refractivity contribution in [2.75, 3.05) is 17.7 Å². The Bertz CT molecular complexity index is 675. The van der Waals surface area contributed by atoms with Crippen LogP contribution in [0.2, 0.25) is 0 Å². The molecule has 1 heterocycles. The van der Waals surface area contributed by atoms with Crippen LogP contribution in [0.15, 0.2) is 47.5 Å². The van der Waals surface area contributed by atoms with Gasteiger partial charge in [-0.3, -0.25) is 4.79 Å². The predicted molar refractivity (Wildman–Crippen MR) is 81.5 cm³/mol. The van der Waals surface area contributed by atoms with Gasteiger partial charge in [0.1, 0.15) is 5.82 Å². The minimum atomic E-state index is -4.44. The molecular weight excluding hydrogens is 348 g/mol. The van der Waals surface area contributed by atoms with Gasteiger partial charge in [0, 0.05) is 11.0 Å². The highest BCUT2D eigenvalue weighted by Crippen LogP contribution is 2.20. The molecule has 0 saturated carbocycles. The first kappa shape index (κ1) is 18.1. The molecule has 0 unspecified atom stereocenters. The number of nitrogens with one attached hydrogen (secondary N) is 1. The second-order valence-corrected chi connectivity index (χ2v) is 5.63. The first-order valence-corrected chi connectivity index (χ1v) is 7.64. The number of aromatic nitrogens is 1. The van der Waals surface area contributed by atoms with Gasteiger partial charge in [-0.1, -0.05) is 0 Å². The molecule has 0 fully saturated rings. The largest absolute Gasteiger partial charge is 0.468 e. The quantitative estimate of drug-likeness (QED) is 0.627. The number of pyridine rings is 1. The molecule has 0 saturated heterocycles. The van der Waals surface area contributed by atoms with Gasteiger partial charge in [0.2, 0.25) is 11.8 Å². The summed E-state index contributed by atoms with van der Waals surface area (Å²) >= 11 is 1.22. The molecule has 2 rings (SSSR count). The minimum Gasteiger partial charge on any atom is -0.468 e. The number of alkyl halides is 3. The van der Waals surface area contributed by atoms with E-state index in [1.807, 2.05) is 0 Å². The van der Waals surface area contributed by atoms with E-state index in [0.29, 0.717) is 5.69 Å². The number of carbonyl (C=O) groups is 1. The third-order valence-electron chi connectivity index (χ3n) is 2.59. The summed E-state index contributed by atoms with van der Waals surface area (Å²) in [6.45, 7) is -1.43. The van der Waals surface area contributed by atoms with Gasteiger partial charge in [0.05, 0.1) is 17.6 Å². The lowest BCUT2D eigenvalue weighted by Gasteiger charge is -2.09. The van der Waals surface area contributed by atoms with E-state index in [1.54, 1.807) is 12.1 Å². The summed E-state index contributed by atoms with van der Waals surface area (Å²) in [5, 5.41) is 2.55. The number of hydrogen-bond acceptors (Lipinski definition) is 4. The van der Waals surface area contributed by atoms with Crippen LogP contribution in [0.4, 0.5) is 23.2 Å². The topological polar surface area (TPSA) is 51.2 Å². The van der Waals surface area contributed by atoms with Crippen molar-refractivity contribution in [1.82, 2.24) is 4.98 Å². The zero-order valence-electron chi connectivity index (χ0n) is 12.1. The number of rotatable bonds is 6. The van der Waals surface area contributed by atoms with Gasteiger partial charge in [-0.2, -0.15) is 13.2 Å². The molecule has 1 aromatic carbocycles. The zero-order chi connectivity index (χ0) is 17.6. The summed E-state index contributed by atoms with van der Waals surface area (Å²) in [5.74, 6) is -0.776. The van der Waals surface area contributed by atoms with Gasteiger partial charge < -0.3 is 10.1 Å². The molecule has 0 atom stereocenters. The lowest BCUT2D eigenvalue weighted by Crippen LogP contribution is -2.19. The van der Waals surface area contributed by atoms with Crippen molar-refractivity contribution in [2.45, 2.75) is 11.1 Å². The highest BCUT2D eigenvalue weighted by atomic mass is 32.2. The molecule has 1 amide bonds. The van der Waals surface area contributed by atoms with Crippen LogP contribution in [-0.2, 0) is 4.79 Å². The van der Waals surface area contributed by atoms with E-state index in [2.05, 4.69) is 15.0 Å². The lowest BCUT2D eigenvalue weighted by atomic mass is 10.4. The molecule has 2 aromatic rings. The summed E-state index contributed by atoms with van der Waals surface area (Å²) in [7, 11) is 0. The first-order valence-electron chi connectivity index (χ1n) is 6.66. The van der Waals surface area contributed by atoms with Gasteiger partial charge in [-0.05, 0) is 30.3 Å². The lowest BCUT2D eigenvalue weighted by molar-refractivity contribution is -0.154. The third-order valence-corrected chi connectivity index (χ3v) is 3.60. The zero-order valence-corrected chi connectivity index (χ0v) is 13.0. The molecule has 1 aromatic heterocycles. The molecule has 0 bridgehead atoms. The van der Waals surface area contributed by atoms with Crippen LogP contribution in [0.5, 0.6) is 5.88 Å². The molecule has 0 spiro atoms. The van der Waals surface area contributed by atoms with Crippen molar-refractivity contribution >= 4 is 23.4 Å². The minimum absolute atomic E-state index is 0.0952. The summed E-state index contributed by atoms with van der Waals surface area (Å²) in [6.07, 6.45) is -3.24. The van der Waals surface area contributed by atoms with Crippen molar-refractivity contribution in [3.63, 3.8) is 0 Å². The summed E-state index contributed by atoms with van der Waals surface area (Å²) < 4.78 is 53.2. The Balaban J connectivity index is 1.80. The van der Waals surface area contributed by atoms with E-state index in [0.717, 1.165) is 4.90 Å². The Morgan fingerprint density at radius 2 is 1.88 bits per heavy atom. The van der Waals surface area contributed by atoms with Crippen LogP contribution < -0.4 is 10.1 Å². The normalized spacial score (nSPS) is 11.2. The van der Waals surface area contributed by atoms with Crippen LogP contribution in [0, 0.1) is 5.82 Å². The SMILES string of the molecule is O=C(CSc1ccc(F)cc1)Nc1ccc(OCC(F)(F)F)nc1. The Morgan fingerprint density at radius 1 is 1.17 bits per heavy atom. The Morgan fingerprint density at radius 3 is 2.46 bits per heavy atom. The van der Waals surface area contributed by atoms with Crippen LogP contribution in [0.1, 0.15) is 0 Å². The highest BCUT2D eigenvalue weighted by molar-refractivity contribution is 8.00. The molecule has 9 heteroatoms. The standard InChI is InChI=1S/C15H12F4N2O2S/c16-10-1-4-12(5-2-10)24-8-13(22)21-11-3-6-14(20-7-11)23-9-15(17,18)19/h1-7H,8-9H2,(H,21,22). The first-order chi connectivity index (χ1) is 11.3. The number of carbonyl (C=O) groups excluding carboxylic acids is 1. The van der Waals surface area contributed by atoms with Gasteiger partial charge >= 0.3 is 6.18 Å². The fourth-order valence-corrected chi connectivity index (χ4v) is 2.27. The number of anilines is 1. The molecule has 128 valence electrons. The average Bonchev–Trinajstić information content (AvgIpc) is 2.53. The van der Waals surface area contributed by atoms with E-state index in [-0.39, 0.29) is 23.4 Å². The molecule has 4 nitrogen and oxygen atoms in total. The van der Waals surface area contributed by atoms with E-state index >= 15 is 0 Å². The van der Waals surface area contributed by atoms with Crippen LogP contribution in [-0.4, -0.2) is 29.4 Å². The maximum absolute atomic E-state index is 12.8. The van der Waals surface area contributed by atoms with Crippen LogP contribution >= 0.6 is 11.8 Å².